The molecule has 1 aromatic heterocycles. The van der Waals surface area contributed by atoms with Crippen LogP contribution in [-0.4, -0.2) is 27.0 Å². The maximum atomic E-state index is 13.6. The Labute approximate surface area is 248 Å². The van der Waals surface area contributed by atoms with Crippen LogP contribution in [0.3, 0.4) is 0 Å². The van der Waals surface area contributed by atoms with Crippen molar-refractivity contribution in [2.24, 2.45) is 0 Å². The highest BCUT2D eigenvalue weighted by molar-refractivity contribution is 8.00. The quantitative estimate of drug-likeness (QED) is 0.0657. The summed E-state index contributed by atoms with van der Waals surface area (Å²) in [6.45, 7) is 0. The predicted molar refractivity (Wildman–Crippen MR) is 160 cm³/mol. The van der Waals surface area contributed by atoms with Crippen LogP contribution in [0.2, 0.25) is 0 Å². The number of ether oxygens (including phenoxy) is 1. The number of carbonyl (C=O) groups is 2. The van der Waals surface area contributed by atoms with E-state index in [0.717, 1.165) is 5.56 Å². The van der Waals surface area contributed by atoms with Gasteiger partial charge in [-0.1, -0.05) is 83.8 Å². The highest BCUT2D eigenvalue weighted by Gasteiger charge is 2.48. The molecule has 1 saturated heterocycles. The monoisotopic (exact) mass is 595 g/mol. The van der Waals surface area contributed by atoms with E-state index in [1.165, 1.54) is 52.3 Å². The number of aliphatic hydroxyl groups excluding tert-OH is 1. The van der Waals surface area contributed by atoms with Gasteiger partial charge in [0.2, 0.25) is 5.13 Å². The second-order valence-electron chi connectivity index (χ2n) is 9.29. The molecule has 10 heteroatoms. The Bertz CT molecular complexity index is 1780. The van der Waals surface area contributed by atoms with Crippen LogP contribution in [0.15, 0.2) is 119 Å². The molecule has 208 valence electrons. The number of hydrogen-bond acceptors (Lipinski definition) is 8. The van der Waals surface area contributed by atoms with Crippen molar-refractivity contribution in [2.45, 2.75) is 16.1 Å². The summed E-state index contributed by atoms with van der Waals surface area (Å²) in [4.78, 5) is 28.3. The number of anilines is 1. The normalized spacial score (nSPS) is 16.1. The van der Waals surface area contributed by atoms with Gasteiger partial charge in [-0.05, 0) is 59.7 Å². The van der Waals surface area contributed by atoms with Crippen molar-refractivity contribution in [1.82, 2.24) is 10.2 Å². The minimum Gasteiger partial charge on any atom is -0.507 e. The number of Topliss-reactive ketones (excluding diaryl/α,β-unsaturated/α-hetero) is 1. The number of ketones is 1. The van der Waals surface area contributed by atoms with Crippen LogP contribution < -0.4 is 9.64 Å². The van der Waals surface area contributed by atoms with Crippen LogP contribution in [-0.2, 0) is 15.3 Å². The average molecular weight is 596 g/mol. The van der Waals surface area contributed by atoms with Crippen LogP contribution in [0.5, 0.6) is 11.5 Å². The van der Waals surface area contributed by atoms with E-state index in [4.69, 9.17) is 4.74 Å². The van der Waals surface area contributed by atoms with Gasteiger partial charge in [-0.25, -0.2) is 4.39 Å². The summed E-state index contributed by atoms with van der Waals surface area (Å²) in [5, 5.41) is 20.0. The number of thioether (sulfide) groups is 1. The Morgan fingerprint density at radius 2 is 1.57 bits per heavy atom. The molecule has 1 amide bonds. The van der Waals surface area contributed by atoms with E-state index in [1.54, 1.807) is 24.3 Å². The fourth-order valence-electron chi connectivity index (χ4n) is 4.56. The Morgan fingerprint density at radius 3 is 2.31 bits per heavy atom. The number of rotatable bonds is 8. The Morgan fingerprint density at radius 1 is 0.881 bits per heavy atom. The van der Waals surface area contributed by atoms with Gasteiger partial charge in [0.1, 0.15) is 23.1 Å². The van der Waals surface area contributed by atoms with Crippen LogP contribution >= 0.6 is 23.1 Å². The van der Waals surface area contributed by atoms with E-state index >= 15 is 0 Å². The molecular formula is C32H22FN3O4S2. The predicted octanol–water partition coefficient (Wildman–Crippen LogP) is 7.39. The van der Waals surface area contributed by atoms with E-state index in [-0.39, 0.29) is 16.3 Å². The lowest BCUT2D eigenvalue weighted by molar-refractivity contribution is -0.132. The summed E-state index contributed by atoms with van der Waals surface area (Å²) < 4.78 is 20.3. The number of hydrogen-bond donors (Lipinski definition) is 1. The van der Waals surface area contributed by atoms with Crippen molar-refractivity contribution in [2.75, 3.05) is 4.90 Å². The van der Waals surface area contributed by atoms with Gasteiger partial charge in [0.05, 0.1) is 11.6 Å². The number of nitrogens with zero attached hydrogens (tertiary/aromatic N) is 3. The van der Waals surface area contributed by atoms with Gasteiger partial charge in [0.25, 0.3) is 5.78 Å². The minimum absolute atomic E-state index is 0.142. The molecule has 0 bridgehead atoms. The first-order chi connectivity index (χ1) is 20.5. The summed E-state index contributed by atoms with van der Waals surface area (Å²) in [7, 11) is 0. The summed E-state index contributed by atoms with van der Waals surface area (Å²) in [6, 6.07) is 30.0. The third-order valence-electron chi connectivity index (χ3n) is 6.52. The number of aliphatic hydroxyl groups is 1. The summed E-state index contributed by atoms with van der Waals surface area (Å²) >= 11 is 2.65. The van der Waals surface area contributed by atoms with Crippen molar-refractivity contribution < 1.29 is 23.8 Å². The minimum atomic E-state index is -1.03. The summed E-state index contributed by atoms with van der Waals surface area (Å²) in [5.74, 6) is -0.913. The standard InChI is InChI=1S/C32H22FN3O4S2/c33-23-16-14-21(15-17-23)28(37)26-27(22-10-7-13-25(18-22)40-24-11-5-2-6-12-24)36(30(39)29(26)38)31-34-35-32(42-31)41-19-20-8-3-1-4-9-20/h1-18,27,37H,19H2/b28-26-. The van der Waals surface area contributed by atoms with Crippen molar-refractivity contribution in [3.63, 3.8) is 0 Å². The largest absolute Gasteiger partial charge is 0.507 e. The van der Waals surface area contributed by atoms with Gasteiger partial charge < -0.3 is 9.84 Å². The molecular weight excluding hydrogens is 574 g/mol. The lowest BCUT2D eigenvalue weighted by Gasteiger charge is -2.23. The van der Waals surface area contributed by atoms with Gasteiger partial charge in [-0.3, -0.25) is 14.5 Å². The van der Waals surface area contributed by atoms with Crippen molar-refractivity contribution in [3.05, 3.63) is 137 Å². The van der Waals surface area contributed by atoms with E-state index in [0.29, 0.717) is 27.2 Å². The molecule has 1 N–H and O–H groups in total. The molecule has 0 spiro atoms. The maximum Gasteiger partial charge on any atom is 0.301 e. The SMILES string of the molecule is O=C1C(=O)N(c2nnc(SCc3ccccc3)s2)C(c2cccc(Oc3ccccc3)c2)/C1=C(/O)c1ccc(F)cc1. The molecule has 4 aromatic carbocycles. The van der Waals surface area contributed by atoms with Gasteiger partial charge in [0, 0.05) is 11.3 Å². The van der Waals surface area contributed by atoms with Gasteiger partial charge in [-0.2, -0.15) is 0 Å². The molecule has 1 aliphatic heterocycles. The molecule has 1 fully saturated rings. The number of carbonyl (C=O) groups excluding carboxylic acids is 2. The van der Waals surface area contributed by atoms with Gasteiger partial charge in [0.15, 0.2) is 4.34 Å². The molecule has 5 aromatic rings. The molecule has 6 rings (SSSR count). The number of amides is 1. The van der Waals surface area contributed by atoms with Gasteiger partial charge >= 0.3 is 5.91 Å². The van der Waals surface area contributed by atoms with Crippen LogP contribution in [0.1, 0.15) is 22.7 Å². The smallest absolute Gasteiger partial charge is 0.301 e. The average Bonchev–Trinajstić information content (AvgIpc) is 3.59. The highest BCUT2D eigenvalue weighted by Crippen LogP contribution is 2.44. The third-order valence-corrected chi connectivity index (χ3v) is 8.65. The van der Waals surface area contributed by atoms with E-state index < -0.39 is 29.3 Å². The molecule has 1 unspecified atom stereocenters. The topological polar surface area (TPSA) is 92.6 Å². The zero-order valence-electron chi connectivity index (χ0n) is 21.9. The molecule has 0 saturated carbocycles. The second kappa shape index (κ2) is 12.0. The lowest BCUT2D eigenvalue weighted by Crippen LogP contribution is -2.29. The van der Waals surface area contributed by atoms with Crippen LogP contribution in [0, 0.1) is 5.82 Å². The molecule has 1 aliphatic rings. The van der Waals surface area contributed by atoms with Gasteiger partial charge in [-0.15, -0.1) is 10.2 Å². The number of benzene rings is 4. The van der Waals surface area contributed by atoms with E-state index in [2.05, 4.69) is 10.2 Å². The van der Waals surface area contributed by atoms with Crippen molar-refractivity contribution >= 4 is 45.7 Å². The number of aromatic nitrogens is 2. The highest BCUT2D eigenvalue weighted by atomic mass is 32.2. The Balaban J connectivity index is 1.40. The summed E-state index contributed by atoms with van der Waals surface area (Å²) in [5.41, 5.74) is 1.68. The van der Waals surface area contributed by atoms with Crippen LogP contribution in [0.4, 0.5) is 9.52 Å². The number of halogens is 1. The van der Waals surface area contributed by atoms with E-state index in [1.807, 2.05) is 60.7 Å². The van der Waals surface area contributed by atoms with Crippen molar-refractivity contribution in [3.8, 4) is 11.5 Å². The molecule has 7 nitrogen and oxygen atoms in total. The molecule has 1 atom stereocenters. The van der Waals surface area contributed by atoms with Crippen molar-refractivity contribution in [1.29, 1.82) is 0 Å². The molecule has 0 aliphatic carbocycles. The fraction of sp³-hybridized carbons (Fsp3) is 0.0625. The first-order valence-electron chi connectivity index (χ1n) is 12.9. The van der Waals surface area contributed by atoms with Crippen LogP contribution in [0.25, 0.3) is 5.76 Å². The molecule has 0 radical (unpaired) electrons. The fourth-order valence-corrected chi connectivity index (χ4v) is 6.38. The maximum absolute atomic E-state index is 13.6. The Kier molecular flexibility index (Phi) is 7.81. The summed E-state index contributed by atoms with van der Waals surface area (Å²) in [6.07, 6.45) is 0. The third kappa shape index (κ3) is 5.67. The van der Waals surface area contributed by atoms with E-state index in [9.17, 15) is 19.1 Å². The first-order valence-corrected chi connectivity index (χ1v) is 14.7. The first kappa shape index (κ1) is 27.4. The molecule has 2 heterocycles. The molecule has 42 heavy (non-hydrogen) atoms. The number of para-hydroxylation sites is 1. The zero-order chi connectivity index (χ0) is 29.1. The lowest BCUT2D eigenvalue weighted by atomic mass is 9.95. The second-order valence-corrected chi connectivity index (χ2v) is 11.5. The Hall–Kier alpha value is -4.80. The zero-order valence-corrected chi connectivity index (χ0v) is 23.5.